The lowest BCUT2D eigenvalue weighted by molar-refractivity contribution is -0.116. The topological polar surface area (TPSA) is 88.4 Å². The van der Waals surface area contributed by atoms with Gasteiger partial charge in [-0.05, 0) is 48.9 Å². The van der Waals surface area contributed by atoms with E-state index in [0.717, 1.165) is 0 Å². The Balaban J connectivity index is 1.47. The summed E-state index contributed by atoms with van der Waals surface area (Å²) in [6, 6.07) is 13.8. The highest BCUT2D eigenvalue weighted by Crippen LogP contribution is 2.31. The van der Waals surface area contributed by atoms with Gasteiger partial charge in [0.2, 0.25) is 5.91 Å². The molecule has 0 saturated heterocycles. The number of fused-ring (bicyclic) bond motifs is 1. The Hall–Kier alpha value is -3.33. The van der Waals surface area contributed by atoms with Gasteiger partial charge in [0.05, 0.1) is 11.6 Å². The first-order valence-corrected chi connectivity index (χ1v) is 8.38. The quantitative estimate of drug-likeness (QED) is 0.807. The fraction of sp³-hybridized carbons (Fsp3) is 0.250. The SMILES string of the molecule is N#Cc1ccc(NC(=O)CCCC(=O)c2ccc3c(c2)OCCO3)cc1. The van der Waals surface area contributed by atoms with Crippen LogP contribution in [0.2, 0.25) is 0 Å². The molecule has 0 spiro atoms. The number of carbonyl (C=O) groups is 2. The Morgan fingerprint density at radius 3 is 2.46 bits per heavy atom. The zero-order chi connectivity index (χ0) is 18.4. The number of ketones is 1. The van der Waals surface area contributed by atoms with Gasteiger partial charge < -0.3 is 14.8 Å². The van der Waals surface area contributed by atoms with Crippen LogP contribution in [-0.4, -0.2) is 24.9 Å². The maximum Gasteiger partial charge on any atom is 0.224 e. The summed E-state index contributed by atoms with van der Waals surface area (Å²) in [4.78, 5) is 24.2. The number of rotatable bonds is 6. The number of nitriles is 1. The molecule has 2 aromatic rings. The van der Waals surface area contributed by atoms with Gasteiger partial charge in [-0.2, -0.15) is 5.26 Å². The molecule has 6 heteroatoms. The van der Waals surface area contributed by atoms with E-state index in [1.807, 2.05) is 6.07 Å². The van der Waals surface area contributed by atoms with Crippen molar-refractivity contribution >= 4 is 17.4 Å². The van der Waals surface area contributed by atoms with Crippen LogP contribution < -0.4 is 14.8 Å². The van der Waals surface area contributed by atoms with Crippen LogP contribution in [0, 0.1) is 11.3 Å². The number of amides is 1. The molecule has 1 aliphatic rings. The lowest BCUT2D eigenvalue weighted by Gasteiger charge is -2.18. The fourth-order valence-corrected chi connectivity index (χ4v) is 2.62. The summed E-state index contributed by atoms with van der Waals surface area (Å²) < 4.78 is 10.9. The second kappa shape index (κ2) is 8.17. The zero-order valence-electron chi connectivity index (χ0n) is 14.2. The van der Waals surface area contributed by atoms with E-state index in [1.165, 1.54) is 0 Å². The smallest absolute Gasteiger partial charge is 0.224 e. The van der Waals surface area contributed by atoms with Gasteiger partial charge >= 0.3 is 0 Å². The summed E-state index contributed by atoms with van der Waals surface area (Å²) >= 11 is 0. The van der Waals surface area contributed by atoms with Crippen molar-refractivity contribution in [3.05, 3.63) is 53.6 Å². The van der Waals surface area contributed by atoms with E-state index in [-0.39, 0.29) is 24.5 Å². The van der Waals surface area contributed by atoms with Crippen LogP contribution >= 0.6 is 0 Å². The highest BCUT2D eigenvalue weighted by Gasteiger charge is 2.15. The van der Waals surface area contributed by atoms with Crippen molar-refractivity contribution in [2.24, 2.45) is 0 Å². The summed E-state index contributed by atoms with van der Waals surface area (Å²) in [5.41, 5.74) is 1.72. The number of ether oxygens (including phenoxy) is 2. The Labute approximate surface area is 151 Å². The van der Waals surface area contributed by atoms with Crippen molar-refractivity contribution in [2.45, 2.75) is 19.3 Å². The van der Waals surface area contributed by atoms with Crippen molar-refractivity contribution in [2.75, 3.05) is 18.5 Å². The summed E-state index contributed by atoms with van der Waals surface area (Å²) in [6.07, 6.45) is 0.978. The number of nitrogens with zero attached hydrogens (tertiary/aromatic N) is 1. The number of nitrogens with one attached hydrogen (secondary N) is 1. The molecule has 0 radical (unpaired) electrons. The molecule has 26 heavy (non-hydrogen) atoms. The number of carbonyl (C=O) groups excluding carboxylic acids is 2. The van der Waals surface area contributed by atoms with E-state index in [4.69, 9.17) is 14.7 Å². The molecular weight excluding hydrogens is 332 g/mol. The van der Waals surface area contributed by atoms with Gasteiger partial charge in [0, 0.05) is 24.1 Å². The maximum atomic E-state index is 12.3. The first-order chi connectivity index (χ1) is 12.7. The first-order valence-electron chi connectivity index (χ1n) is 8.38. The van der Waals surface area contributed by atoms with Gasteiger partial charge in [-0.1, -0.05) is 0 Å². The minimum absolute atomic E-state index is 0.0341. The number of anilines is 1. The summed E-state index contributed by atoms with van der Waals surface area (Å²) in [5.74, 6) is 1.04. The average molecular weight is 350 g/mol. The highest BCUT2D eigenvalue weighted by molar-refractivity contribution is 5.97. The van der Waals surface area contributed by atoms with E-state index in [2.05, 4.69) is 5.32 Å². The Morgan fingerprint density at radius 2 is 1.73 bits per heavy atom. The van der Waals surface area contributed by atoms with E-state index in [1.54, 1.807) is 42.5 Å². The molecule has 1 amide bonds. The van der Waals surface area contributed by atoms with E-state index < -0.39 is 0 Å². The Morgan fingerprint density at radius 1 is 1.00 bits per heavy atom. The van der Waals surface area contributed by atoms with Gasteiger partial charge in [-0.15, -0.1) is 0 Å². The number of Topliss-reactive ketones (excluding diaryl/α,β-unsaturated/α-hetero) is 1. The minimum Gasteiger partial charge on any atom is -0.486 e. The fourth-order valence-electron chi connectivity index (χ4n) is 2.62. The predicted molar refractivity (Wildman–Crippen MR) is 95.4 cm³/mol. The summed E-state index contributed by atoms with van der Waals surface area (Å²) in [7, 11) is 0. The van der Waals surface area contributed by atoms with Gasteiger partial charge in [0.25, 0.3) is 0 Å². The molecule has 3 rings (SSSR count). The monoisotopic (exact) mass is 350 g/mol. The van der Waals surface area contributed by atoms with Crippen LogP contribution in [0.5, 0.6) is 11.5 Å². The van der Waals surface area contributed by atoms with Crippen LogP contribution in [0.15, 0.2) is 42.5 Å². The largest absolute Gasteiger partial charge is 0.486 e. The molecule has 0 saturated carbocycles. The molecule has 1 aliphatic heterocycles. The molecule has 0 fully saturated rings. The van der Waals surface area contributed by atoms with Gasteiger partial charge in [-0.25, -0.2) is 0 Å². The molecule has 2 aromatic carbocycles. The van der Waals surface area contributed by atoms with Crippen LogP contribution in [0.25, 0.3) is 0 Å². The standard InChI is InChI=1S/C20H18N2O4/c21-13-14-4-7-16(8-5-14)22-20(24)3-1-2-17(23)15-6-9-18-19(12-15)26-11-10-25-18/h4-9,12H,1-3,10-11H2,(H,22,24). The third-order valence-electron chi connectivity index (χ3n) is 3.97. The van der Waals surface area contributed by atoms with Gasteiger partial charge in [0.15, 0.2) is 17.3 Å². The Bertz CT molecular complexity index is 853. The molecule has 0 atom stereocenters. The second-order valence-corrected chi connectivity index (χ2v) is 5.87. The van der Waals surface area contributed by atoms with E-state index >= 15 is 0 Å². The normalized spacial score (nSPS) is 12.1. The molecular formula is C20H18N2O4. The zero-order valence-corrected chi connectivity index (χ0v) is 14.2. The van der Waals surface area contributed by atoms with Crippen LogP contribution in [0.1, 0.15) is 35.2 Å². The molecule has 0 bridgehead atoms. The van der Waals surface area contributed by atoms with Gasteiger partial charge in [-0.3, -0.25) is 9.59 Å². The molecule has 1 N–H and O–H groups in total. The lowest BCUT2D eigenvalue weighted by Crippen LogP contribution is -2.16. The van der Waals surface area contributed by atoms with Crippen LogP contribution in [0.4, 0.5) is 5.69 Å². The molecule has 0 unspecified atom stereocenters. The van der Waals surface area contributed by atoms with Crippen molar-refractivity contribution in [1.29, 1.82) is 5.26 Å². The molecule has 0 aromatic heterocycles. The summed E-state index contributed by atoms with van der Waals surface area (Å²) in [6.45, 7) is 0.981. The van der Waals surface area contributed by atoms with Gasteiger partial charge in [0.1, 0.15) is 13.2 Å². The van der Waals surface area contributed by atoms with E-state index in [9.17, 15) is 9.59 Å². The van der Waals surface area contributed by atoms with Crippen molar-refractivity contribution in [3.8, 4) is 17.6 Å². The number of hydrogen-bond acceptors (Lipinski definition) is 5. The van der Waals surface area contributed by atoms with Crippen LogP contribution in [-0.2, 0) is 4.79 Å². The third-order valence-corrected chi connectivity index (χ3v) is 3.97. The second-order valence-electron chi connectivity index (χ2n) is 5.87. The number of benzene rings is 2. The molecule has 6 nitrogen and oxygen atoms in total. The Kier molecular flexibility index (Phi) is 5.49. The van der Waals surface area contributed by atoms with Crippen molar-refractivity contribution in [3.63, 3.8) is 0 Å². The number of hydrogen-bond donors (Lipinski definition) is 1. The van der Waals surface area contributed by atoms with Crippen molar-refractivity contribution in [1.82, 2.24) is 0 Å². The predicted octanol–water partition coefficient (Wildman–Crippen LogP) is 3.32. The first kappa shape index (κ1) is 17.5. The minimum atomic E-state index is -0.162. The maximum absolute atomic E-state index is 12.3. The summed E-state index contributed by atoms with van der Waals surface area (Å²) in [5, 5.41) is 11.5. The molecule has 1 heterocycles. The van der Waals surface area contributed by atoms with Crippen LogP contribution in [0.3, 0.4) is 0 Å². The highest BCUT2D eigenvalue weighted by atomic mass is 16.6. The lowest BCUT2D eigenvalue weighted by atomic mass is 10.0. The molecule has 0 aliphatic carbocycles. The van der Waals surface area contributed by atoms with E-state index in [0.29, 0.717) is 47.9 Å². The average Bonchev–Trinajstić information content (AvgIpc) is 2.68. The molecule has 132 valence electrons. The third kappa shape index (κ3) is 4.39. The van der Waals surface area contributed by atoms with Crippen molar-refractivity contribution < 1.29 is 19.1 Å².